The van der Waals surface area contributed by atoms with Gasteiger partial charge in [-0.05, 0) is 57.5 Å². The molecule has 1 amide bonds. The standard InChI is InChI=1S/C19H29N3O3S2/c1-15(22-11-4-2-3-5-12-22)8-10-20-27(24,25)16-6-7-18-17(14-16)21-19(23)9-13-26-18/h6-7,14-15,20H,2-5,8-13H2,1H3,(H,21,23)/t15-/m1/s1. The van der Waals surface area contributed by atoms with E-state index >= 15 is 0 Å². The van der Waals surface area contributed by atoms with E-state index in [0.717, 1.165) is 24.4 Å². The topological polar surface area (TPSA) is 78.5 Å². The number of thioether (sulfide) groups is 1. The Morgan fingerprint density at radius 3 is 2.70 bits per heavy atom. The van der Waals surface area contributed by atoms with Gasteiger partial charge in [0.05, 0.1) is 10.6 Å². The second-order valence-electron chi connectivity index (χ2n) is 7.29. The minimum absolute atomic E-state index is 0.0740. The Labute approximate surface area is 166 Å². The van der Waals surface area contributed by atoms with E-state index in [-0.39, 0.29) is 10.8 Å². The van der Waals surface area contributed by atoms with Gasteiger partial charge in [0.15, 0.2) is 0 Å². The van der Waals surface area contributed by atoms with Crippen LogP contribution in [0.1, 0.15) is 45.4 Å². The average Bonchev–Trinajstić information content (AvgIpc) is 3.00. The van der Waals surface area contributed by atoms with Crippen molar-refractivity contribution in [1.29, 1.82) is 0 Å². The SMILES string of the molecule is C[C@H](CCNS(=O)(=O)c1ccc2c(c1)NC(=O)CCS2)N1CCCCCC1. The molecule has 1 aromatic rings. The molecule has 3 rings (SSSR count). The molecule has 2 heterocycles. The molecule has 0 saturated carbocycles. The lowest BCUT2D eigenvalue weighted by Crippen LogP contribution is -2.37. The molecular weight excluding hydrogens is 382 g/mol. The highest BCUT2D eigenvalue weighted by molar-refractivity contribution is 7.99. The minimum Gasteiger partial charge on any atom is -0.325 e. The fourth-order valence-corrected chi connectivity index (χ4v) is 5.58. The molecule has 6 nitrogen and oxygen atoms in total. The Morgan fingerprint density at radius 2 is 1.96 bits per heavy atom. The zero-order chi connectivity index (χ0) is 19.3. The minimum atomic E-state index is -3.59. The van der Waals surface area contributed by atoms with Gasteiger partial charge in [-0.2, -0.15) is 0 Å². The number of likely N-dealkylation sites (tertiary alicyclic amines) is 1. The van der Waals surface area contributed by atoms with Crippen LogP contribution in [0.2, 0.25) is 0 Å². The van der Waals surface area contributed by atoms with Crippen molar-refractivity contribution in [2.45, 2.75) is 61.3 Å². The smallest absolute Gasteiger partial charge is 0.240 e. The lowest BCUT2D eigenvalue weighted by atomic mass is 10.2. The molecule has 0 radical (unpaired) electrons. The van der Waals surface area contributed by atoms with Crippen molar-refractivity contribution in [2.24, 2.45) is 0 Å². The quantitative estimate of drug-likeness (QED) is 0.752. The number of nitrogens with zero attached hydrogens (tertiary/aromatic N) is 1. The number of amides is 1. The number of anilines is 1. The molecule has 1 aromatic carbocycles. The summed E-state index contributed by atoms with van der Waals surface area (Å²) in [7, 11) is -3.59. The zero-order valence-electron chi connectivity index (χ0n) is 15.9. The highest BCUT2D eigenvalue weighted by Crippen LogP contribution is 2.32. The van der Waals surface area contributed by atoms with Crippen molar-refractivity contribution < 1.29 is 13.2 Å². The van der Waals surface area contributed by atoms with Gasteiger partial charge in [0.1, 0.15) is 0 Å². The van der Waals surface area contributed by atoms with Gasteiger partial charge in [-0.3, -0.25) is 4.79 Å². The van der Waals surface area contributed by atoms with Crippen LogP contribution in [0.3, 0.4) is 0 Å². The van der Waals surface area contributed by atoms with Crippen molar-refractivity contribution in [3.05, 3.63) is 18.2 Å². The molecule has 1 atom stereocenters. The second-order valence-corrected chi connectivity index (χ2v) is 10.2. The molecule has 2 aliphatic heterocycles. The second kappa shape index (κ2) is 9.41. The van der Waals surface area contributed by atoms with E-state index in [0.29, 0.717) is 30.4 Å². The summed E-state index contributed by atoms with van der Waals surface area (Å²) in [5.41, 5.74) is 0.586. The number of rotatable bonds is 6. The van der Waals surface area contributed by atoms with Gasteiger partial charge >= 0.3 is 0 Å². The van der Waals surface area contributed by atoms with E-state index in [1.54, 1.807) is 30.0 Å². The van der Waals surface area contributed by atoms with Crippen molar-refractivity contribution >= 4 is 33.4 Å². The number of benzene rings is 1. The summed E-state index contributed by atoms with van der Waals surface area (Å²) < 4.78 is 28.0. The van der Waals surface area contributed by atoms with Gasteiger partial charge < -0.3 is 10.2 Å². The van der Waals surface area contributed by atoms with Gasteiger partial charge in [0.2, 0.25) is 15.9 Å². The lowest BCUT2D eigenvalue weighted by molar-refractivity contribution is -0.115. The normalized spacial score (nSPS) is 20.3. The Balaban J connectivity index is 1.59. The molecule has 2 N–H and O–H groups in total. The predicted octanol–water partition coefficient (Wildman–Crippen LogP) is 3.05. The van der Waals surface area contributed by atoms with E-state index in [4.69, 9.17) is 0 Å². The summed E-state index contributed by atoms with van der Waals surface area (Å²) in [6.45, 7) is 4.80. The number of sulfonamides is 1. The van der Waals surface area contributed by atoms with E-state index in [2.05, 4.69) is 21.9 Å². The van der Waals surface area contributed by atoms with Crippen LogP contribution in [0.25, 0.3) is 0 Å². The number of fused-ring (bicyclic) bond motifs is 1. The summed E-state index contributed by atoms with van der Waals surface area (Å²) in [5.74, 6) is 0.632. The zero-order valence-corrected chi connectivity index (χ0v) is 17.5. The average molecular weight is 412 g/mol. The molecule has 8 heteroatoms. The van der Waals surface area contributed by atoms with Crippen LogP contribution in [-0.2, 0) is 14.8 Å². The Hall–Kier alpha value is -1.09. The van der Waals surface area contributed by atoms with Crippen LogP contribution in [-0.4, -0.2) is 50.7 Å². The molecule has 2 aliphatic rings. The van der Waals surface area contributed by atoms with Crippen LogP contribution in [0.15, 0.2) is 28.0 Å². The van der Waals surface area contributed by atoms with Crippen molar-refractivity contribution in [3.8, 4) is 0 Å². The number of hydrogen-bond donors (Lipinski definition) is 2. The first kappa shape index (κ1) is 20.6. The molecule has 0 spiro atoms. The summed E-state index contributed by atoms with van der Waals surface area (Å²) in [4.78, 5) is 15.3. The maximum absolute atomic E-state index is 12.7. The maximum atomic E-state index is 12.7. The van der Waals surface area contributed by atoms with E-state index in [9.17, 15) is 13.2 Å². The molecule has 1 fully saturated rings. The van der Waals surface area contributed by atoms with Gasteiger partial charge in [0, 0.05) is 29.7 Å². The van der Waals surface area contributed by atoms with E-state index in [1.165, 1.54) is 25.7 Å². The Kier molecular flexibility index (Phi) is 7.19. The number of carbonyl (C=O) groups excluding carboxylic acids is 1. The van der Waals surface area contributed by atoms with Gasteiger partial charge in [-0.25, -0.2) is 13.1 Å². The molecule has 0 bridgehead atoms. The van der Waals surface area contributed by atoms with Gasteiger partial charge in [-0.1, -0.05) is 12.8 Å². The Morgan fingerprint density at radius 1 is 1.22 bits per heavy atom. The Bertz CT molecular complexity index is 759. The molecular formula is C19H29N3O3S2. The monoisotopic (exact) mass is 411 g/mol. The van der Waals surface area contributed by atoms with Crippen LogP contribution < -0.4 is 10.0 Å². The molecule has 0 aliphatic carbocycles. The van der Waals surface area contributed by atoms with E-state index < -0.39 is 10.0 Å². The lowest BCUT2D eigenvalue weighted by Gasteiger charge is -2.27. The molecule has 1 saturated heterocycles. The molecule has 27 heavy (non-hydrogen) atoms. The summed E-state index contributed by atoms with van der Waals surface area (Å²) in [5, 5.41) is 2.80. The highest BCUT2D eigenvalue weighted by Gasteiger charge is 2.20. The molecule has 150 valence electrons. The fourth-order valence-electron chi connectivity index (χ4n) is 3.57. The molecule has 0 unspecified atom stereocenters. The van der Waals surface area contributed by atoms with Gasteiger partial charge in [-0.15, -0.1) is 11.8 Å². The highest BCUT2D eigenvalue weighted by atomic mass is 32.2. The summed E-state index contributed by atoms with van der Waals surface area (Å²) in [6, 6.07) is 5.32. The van der Waals surface area contributed by atoms with Crippen LogP contribution in [0.5, 0.6) is 0 Å². The third-order valence-electron chi connectivity index (χ3n) is 5.24. The van der Waals surface area contributed by atoms with Crippen LogP contribution in [0.4, 0.5) is 5.69 Å². The van der Waals surface area contributed by atoms with Crippen molar-refractivity contribution in [1.82, 2.24) is 9.62 Å². The molecule has 0 aromatic heterocycles. The van der Waals surface area contributed by atoms with Crippen molar-refractivity contribution in [3.63, 3.8) is 0 Å². The predicted molar refractivity (Wildman–Crippen MR) is 110 cm³/mol. The van der Waals surface area contributed by atoms with Gasteiger partial charge in [0.25, 0.3) is 0 Å². The first-order chi connectivity index (χ1) is 13.0. The largest absolute Gasteiger partial charge is 0.325 e. The van der Waals surface area contributed by atoms with Crippen LogP contribution in [0, 0.1) is 0 Å². The number of carbonyl (C=O) groups is 1. The number of hydrogen-bond acceptors (Lipinski definition) is 5. The first-order valence-corrected chi connectivity index (χ1v) is 12.2. The van der Waals surface area contributed by atoms with Crippen LogP contribution >= 0.6 is 11.8 Å². The van der Waals surface area contributed by atoms with E-state index in [1.807, 2.05) is 0 Å². The summed E-state index contributed by atoms with van der Waals surface area (Å²) >= 11 is 1.57. The third-order valence-corrected chi connectivity index (χ3v) is 7.77. The number of nitrogens with one attached hydrogen (secondary N) is 2. The fraction of sp³-hybridized carbons (Fsp3) is 0.632. The first-order valence-electron chi connectivity index (χ1n) is 9.76. The third kappa shape index (κ3) is 5.70. The summed E-state index contributed by atoms with van der Waals surface area (Å²) in [6.07, 6.45) is 6.28. The van der Waals surface area contributed by atoms with Crippen molar-refractivity contribution in [2.75, 3.05) is 30.7 Å². The maximum Gasteiger partial charge on any atom is 0.240 e.